The standard InChI is InChI=1S/C12H21N3O/c1-4-8-13-9-6-5-7-11-12(16-3)10-14-15(11)2/h5,7,10,13H,4,6,8-9H2,1-3H3/b7-5+. The molecule has 1 aromatic heterocycles. The maximum absolute atomic E-state index is 5.21. The molecule has 0 saturated carbocycles. The fraction of sp³-hybridized carbons (Fsp3) is 0.583. The van der Waals surface area contributed by atoms with Crippen molar-refractivity contribution in [1.29, 1.82) is 0 Å². The Labute approximate surface area is 97.3 Å². The van der Waals surface area contributed by atoms with Crippen LogP contribution in [0.4, 0.5) is 0 Å². The third-order valence-electron chi connectivity index (χ3n) is 2.36. The smallest absolute Gasteiger partial charge is 0.164 e. The number of ether oxygens (including phenoxy) is 1. The number of rotatable bonds is 7. The lowest BCUT2D eigenvalue weighted by atomic mass is 10.3. The predicted molar refractivity (Wildman–Crippen MR) is 66.6 cm³/mol. The van der Waals surface area contributed by atoms with Crippen molar-refractivity contribution in [3.05, 3.63) is 18.0 Å². The van der Waals surface area contributed by atoms with Gasteiger partial charge in [0, 0.05) is 7.05 Å². The summed E-state index contributed by atoms with van der Waals surface area (Å²) in [5.41, 5.74) is 1.01. The van der Waals surface area contributed by atoms with Gasteiger partial charge in [-0.2, -0.15) is 5.10 Å². The Morgan fingerprint density at radius 3 is 3.00 bits per heavy atom. The Morgan fingerprint density at radius 2 is 2.31 bits per heavy atom. The van der Waals surface area contributed by atoms with Gasteiger partial charge in [-0.3, -0.25) is 4.68 Å². The van der Waals surface area contributed by atoms with Crippen LogP contribution in [0.2, 0.25) is 0 Å². The fourth-order valence-corrected chi connectivity index (χ4v) is 1.46. The first-order valence-electron chi connectivity index (χ1n) is 5.72. The van der Waals surface area contributed by atoms with Gasteiger partial charge in [0.2, 0.25) is 0 Å². The molecule has 1 aromatic rings. The van der Waals surface area contributed by atoms with E-state index >= 15 is 0 Å². The van der Waals surface area contributed by atoms with Crippen molar-refractivity contribution in [1.82, 2.24) is 15.1 Å². The summed E-state index contributed by atoms with van der Waals surface area (Å²) in [5, 5.41) is 7.49. The maximum atomic E-state index is 5.21. The number of hydrogen-bond acceptors (Lipinski definition) is 3. The normalized spacial score (nSPS) is 11.2. The van der Waals surface area contributed by atoms with Gasteiger partial charge in [0.15, 0.2) is 5.75 Å². The van der Waals surface area contributed by atoms with Crippen molar-refractivity contribution >= 4 is 6.08 Å². The molecule has 0 amide bonds. The first-order chi connectivity index (χ1) is 7.79. The average Bonchev–Trinajstić information content (AvgIpc) is 2.65. The molecule has 4 nitrogen and oxygen atoms in total. The first kappa shape index (κ1) is 12.8. The van der Waals surface area contributed by atoms with E-state index in [-0.39, 0.29) is 0 Å². The Kier molecular flexibility index (Phi) is 5.64. The summed E-state index contributed by atoms with van der Waals surface area (Å²) in [6.45, 7) is 4.27. The van der Waals surface area contributed by atoms with Gasteiger partial charge in [0.25, 0.3) is 0 Å². The first-order valence-corrected chi connectivity index (χ1v) is 5.72. The van der Waals surface area contributed by atoms with Gasteiger partial charge < -0.3 is 10.1 Å². The molecule has 90 valence electrons. The van der Waals surface area contributed by atoms with E-state index in [2.05, 4.69) is 29.5 Å². The van der Waals surface area contributed by atoms with E-state index in [0.29, 0.717) is 0 Å². The highest BCUT2D eigenvalue weighted by Gasteiger charge is 2.03. The van der Waals surface area contributed by atoms with Crippen LogP contribution in [0.1, 0.15) is 25.5 Å². The van der Waals surface area contributed by atoms with Gasteiger partial charge in [0.1, 0.15) is 5.69 Å². The predicted octanol–water partition coefficient (Wildman–Crippen LogP) is 1.83. The summed E-state index contributed by atoms with van der Waals surface area (Å²) in [7, 11) is 3.58. The van der Waals surface area contributed by atoms with Gasteiger partial charge >= 0.3 is 0 Å². The molecule has 0 radical (unpaired) electrons. The Bertz CT molecular complexity index is 331. The van der Waals surface area contributed by atoms with Gasteiger partial charge in [0.05, 0.1) is 13.3 Å². The molecule has 1 N–H and O–H groups in total. The van der Waals surface area contributed by atoms with Gasteiger partial charge in [-0.25, -0.2) is 0 Å². The summed E-state index contributed by atoms with van der Waals surface area (Å²) in [6.07, 6.45) is 8.13. The molecule has 0 spiro atoms. The molecule has 0 aliphatic carbocycles. The molecular weight excluding hydrogens is 202 g/mol. The fourth-order valence-electron chi connectivity index (χ4n) is 1.46. The zero-order valence-corrected chi connectivity index (χ0v) is 10.4. The lowest BCUT2D eigenvalue weighted by molar-refractivity contribution is 0.413. The highest BCUT2D eigenvalue weighted by Crippen LogP contribution is 2.17. The highest BCUT2D eigenvalue weighted by atomic mass is 16.5. The minimum absolute atomic E-state index is 0.820. The van der Waals surface area contributed by atoms with Gasteiger partial charge in [-0.1, -0.05) is 13.0 Å². The van der Waals surface area contributed by atoms with E-state index in [1.54, 1.807) is 13.3 Å². The molecule has 0 fully saturated rings. The molecular formula is C12H21N3O. The molecule has 0 atom stereocenters. The Balaban J connectivity index is 2.40. The largest absolute Gasteiger partial charge is 0.493 e. The van der Waals surface area contributed by atoms with Crippen molar-refractivity contribution < 1.29 is 4.74 Å². The van der Waals surface area contributed by atoms with E-state index in [0.717, 1.165) is 31.0 Å². The van der Waals surface area contributed by atoms with Crippen LogP contribution in [0.15, 0.2) is 12.3 Å². The van der Waals surface area contributed by atoms with Crippen molar-refractivity contribution in [3.8, 4) is 5.75 Å². The summed E-state index contributed by atoms with van der Waals surface area (Å²) >= 11 is 0. The van der Waals surface area contributed by atoms with Crippen molar-refractivity contribution in [2.24, 2.45) is 7.05 Å². The summed E-state index contributed by atoms with van der Waals surface area (Å²) in [5.74, 6) is 0.820. The van der Waals surface area contributed by atoms with Gasteiger partial charge in [-0.05, 0) is 32.0 Å². The monoisotopic (exact) mass is 223 g/mol. The SMILES string of the molecule is CCCNCC/C=C/c1c(OC)cnn1C. The van der Waals surface area contributed by atoms with Crippen LogP contribution in [-0.4, -0.2) is 30.0 Å². The van der Waals surface area contributed by atoms with E-state index in [1.165, 1.54) is 6.42 Å². The van der Waals surface area contributed by atoms with Crippen LogP contribution in [0.3, 0.4) is 0 Å². The molecule has 4 heteroatoms. The molecule has 0 aliphatic rings. The second-order valence-corrected chi connectivity index (χ2v) is 3.66. The summed E-state index contributed by atoms with van der Waals surface area (Å²) in [6, 6.07) is 0. The zero-order chi connectivity index (χ0) is 11.8. The number of aryl methyl sites for hydroxylation is 1. The average molecular weight is 223 g/mol. The maximum Gasteiger partial charge on any atom is 0.164 e. The number of nitrogens with zero attached hydrogens (tertiary/aromatic N) is 2. The number of hydrogen-bond donors (Lipinski definition) is 1. The third-order valence-corrected chi connectivity index (χ3v) is 2.36. The lowest BCUT2D eigenvalue weighted by Crippen LogP contribution is -2.14. The van der Waals surface area contributed by atoms with Crippen LogP contribution in [-0.2, 0) is 7.05 Å². The lowest BCUT2D eigenvalue weighted by Gasteiger charge is -2.00. The van der Waals surface area contributed by atoms with E-state index in [1.807, 2.05) is 11.7 Å². The van der Waals surface area contributed by atoms with Crippen LogP contribution >= 0.6 is 0 Å². The molecule has 0 aliphatic heterocycles. The summed E-state index contributed by atoms with van der Waals surface area (Å²) in [4.78, 5) is 0. The molecule has 1 rings (SSSR count). The van der Waals surface area contributed by atoms with Crippen LogP contribution in [0.25, 0.3) is 6.08 Å². The molecule has 0 aromatic carbocycles. The number of nitrogens with one attached hydrogen (secondary N) is 1. The second-order valence-electron chi connectivity index (χ2n) is 3.66. The zero-order valence-electron chi connectivity index (χ0n) is 10.4. The highest BCUT2D eigenvalue weighted by molar-refractivity contribution is 5.52. The van der Waals surface area contributed by atoms with Crippen LogP contribution in [0, 0.1) is 0 Å². The quantitative estimate of drug-likeness (QED) is 0.717. The third kappa shape index (κ3) is 3.70. The van der Waals surface area contributed by atoms with E-state index in [9.17, 15) is 0 Å². The van der Waals surface area contributed by atoms with Gasteiger partial charge in [-0.15, -0.1) is 0 Å². The van der Waals surface area contributed by atoms with Crippen molar-refractivity contribution in [2.75, 3.05) is 20.2 Å². The van der Waals surface area contributed by atoms with Crippen molar-refractivity contribution in [3.63, 3.8) is 0 Å². The molecule has 16 heavy (non-hydrogen) atoms. The number of aromatic nitrogens is 2. The van der Waals surface area contributed by atoms with Crippen LogP contribution < -0.4 is 10.1 Å². The Morgan fingerprint density at radius 1 is 1.50 bits per heavy atom. The summed E-state index contributed by atoms with van der Waals surface area (Å²) < 4.78 is 7.03. The molecule has 0 unspecified atom stereocenters. The topological polar surface area (TPSA) is 39.1 Å². The minimum Gasteiger partial charge on any atom is -0.493 e. The Hall–Kier alpha value is -1.29. The number of methoxy groups -OCH3 is 1. The minimum atomic E-state index is 0.820. The van der Waals surface area contributed by atoms with Crippen LogP contribution in [0.5, 0.6) is 5.75 Å². The molecule has 0 bridgehead atoms. The van der Waals surface area contributed by atoms with E-state index in [4.69, 9.17) is 4.74 Å². The molecule has 0 saturated heterocycles. The van der Waals surface area contributed by atoms with E-state index < -0.39 is 0 Å². The second kappa shape index (κ2) is 7.06. The van der Waals surface area contributed by atoms with Crippen molar-refractivity contribution in [2.45, 2.75) is 19.8 Å². The molecule has 1 heterocycles.